The lowest BCUT2D eigenvalue weighted by Gasteiger charge is -2.38. The Labute approximate surface area is 281 Å². The van der Waals surface area contributed by atoms with Crippen molar-refractivity contribution in [3.8, 4) is 0 Å². The number of hydrogen-bond acceptors (Lipinski definition) is 3. The van der Waals surface area contributed by atoms with Gasteiger partial charge in [-0.05, 0) is 69.0 Å². The number of benzene rings is 5. The van der Waals surface area contributed by atoms with Gasteiger partial charge in [0.25, 0.3) is 7.59 Å². The smallest absolute Gasteiger partial charge is 0.270 e. The number of nitrogens with one attached hydrogen (secondary N) is 1. The molecule has 3 atom stereocenters. The highest BCUT2D eigenvalue weighted by molar-refractivity contribution is 8.17. The fourth-order valence-corrected chi connectivity index (χ4v) is 14.5. The summed E-state index contributed by atoms with van der Waals surface area (Å²) in [5, 5.41) is 9.04. The van der Waals surface area contributed by atoms with Crippen molar-refractivity contribution in [2.75, 3.05) is 11.5 Å². The van der Waals surface area contributed by atoms with Crippen LogP contribution in [0.2, 0.25) is 0 Å². The third-order valence-corrected chi connectivity index (χ3v) is 16.1. The molecule has 0 spiro atoms. The number of hydrogen-bond donors (Lipinski definition) is 1. The van der Waals surface area contributed by atoms with Crippen molar-refractivity contribution < 1.29 is 4.57 Å². The molecule has 1 saturated carbocycles. The van der Waals surface area contributed by atoms with Crippen molar-refractivity contribution in [3.63, 3.8) is 0 Å². The predicted molar refractivity (Wildman–Crippen MR) is 198 cm³/mol. The average Bonchev–Trinajstić information content (AvgIpc) is 3.34. The maximum atomic E-state index is 16.5. The van der Waals surface area contributed by atoms with Gasteiger partial charge in [-0.3, -0.25) is 4.57 Å². The molecular formula is C39H42N3OPS2. The first-order chi connectivity index (χ1) is 22.7. The van der Waals surface area contributed by atoms with Crippen LogP contribution < -0.4 is 5.09 Å². The first-order valence-corrected chi connectivity index (χ1v) is 20.5. The standard InChI is InChI=1S/C39H42N3OPS2/c43-44(40-38(31-15-2-1-3-16-31)39-45-25-12-26-46-39)41(27-32-19-10-17-29-13-4-6-21-34(29)32)36-23-8-9-24-37(36)42(44)28-33-20-11-18-30-14-5-7-22-35(30)33/h1-7,10-11,13-22,36-39H,8-9,12,23-28H2,(H,40,43)/t36-,37-,38-/m1/s1. The molecule has 0 aromatic heterocycles. The van der Waals surface area contributed by atoms with Gasteiger partial charge >= 0.3 is 0 Å². The monoisotopic (exact) mass is 663 g/mol. The molecule has 4 nitrogen and oxygen atoms in total. The average molecular weight is 664 g/mol. The van der Waals surface area contributed by atoms with Gasteiger partial charge in [0.1, 0.15) is 0 Å². The Morgan fingerprint density at radius 1 is 0.630 bits per heavy atom. The van der Waals surface area contributed by atoms with Crippen LogP contribution in [0.1, 0.15) is 54.8 Å². The Morgan fingerprint density at radius 2 is 1.13 bits per heavy atom. The fourth-order valence-electron chi connectivity index (χ4n) is 7.95. The van der Waals surface area contributed by atoms with E-state index >= 15 is 4.57 Å². The summed E-state index contributed by atoms with van der Waals surface area (Å²) in [5.74, 6) is 2.30. The summed E-state index contributed by atoms with van der Waals surface area (Å²) in [4.78, 5) is 0. The molecule has 5 aromatic rings. The second kappa shape index (κ2) is 13.5. The van der Waals surface area contributed by atoms with E-state index in [0.29, 0.717) is 17.7 Å². The zero-order valence-corrected chi connectivity index (χ0v) is 28.7. The summed E-state index contributed by atoms with van der Waals surface area (Å²) in [6.45, 7) is 1.34. The van der Waals surface area contributed by atoms with Crippen molar-refractivity contribution in [2.24, 2.45) is 0 Å². The molecule has 46 heavy (non-hydrogen) atoms. The highest BCUT2D eigenvalue weighted by Gasteiger charge is 2.56. The number of thioether (sulfide) groups is 2. The van der Waals surface area contributed by atoms with Crippen molar-refractivity contribution in [1.82, 2.24) is 14.4 Å². The van der Waals surface area contributed by atoms with Crippen LogP contribution in [0.5, 0.6) is 0 Å². The second-order valence-corrected chi connectivity index (χ2v) is 18.1. The number of rotatable bonds is 8. The third-order valence-electron chi connectivity index (χ3n) is 10.2. The van der Waals surface area contributed by atoms with Gasteiger partial charge in [-0.1, -0.05) is 128 Å². The minimum absolute atomic E-state index is 0.0208. The van der Waals surface area contributed by atoms with Crippen molar-refractivity contribution in [3.05, 3.63) is 132 Å². The van der Waals surface area contributed by atoms with Crippen molar-refractivity contribution in [1.29, 1.82) is 0 Å². The van der Waals surface area contributed by atoms with Crippen LogP contribution in [0.4, 0.5) is 0 Å². The summed E-state index contributed by atoms with van der Waals surface area (Å²) in [6, 6.07) is 41.8. The molecule has 1 N–H and O–H groups in total. The van der Waals surface area contributed by atoms with Crippen LogP contribution in [0.3, 0.4) is 0 Å². The molecule has 2 heterocycles. The third kappa shape index (κ3) is 5.87. The number of fused-ring (bicyclic) bond motifs is 3. The summed E-state index contributed by atoms with van der Waals surface area (Å²) in [7, 11) is -3.28. The molecular weight excluding hydrogens is 622 g/mol. The molecule has 2 aliphatic heterocycles. The highest BCUT2D eigenvalue weighted by atomic mass is 32.2. The minimum Gasteiger partial charge on any atom is -0.270 e. The Morgan fingerprint density at radius 3 is 1.70 bits per heavy atom. The van der Waals surface area contributed by atoms with E-state index < -0.39 is 7.59 Å². The fraction of sp³-hybridized carbons (Fsp3) is 0.333. The topological polar surface area (TPSA) is 35.6 Å². The van der Waals surface area contributed by atoms with E-state index in [2.05, 4.69) is 130 Å². The summed E-state index contributed by atoms with van der Waals surface area (Å²) in [6.07, 6.45) is 5.76. The summed E-state index contributed by atoms with van der Waals surface area (Å²) in [5.41, 5.74) is 3.75. The molecule has 0 bridgehead atoms. The Kier molecular flexibility index (Phi) is 9.03. The second-order valence-electron chi connectivity index (χ2n) is 12.9. The number of nitrogens with zero attached hydrogens (tertiary/aromatic N) is 2. The van der Waals surface area contributed by atoms with E-state index in [1.165, 1.54) is 57.5 Å². The first-order valence-electron chi connectivity index (χ1n) is 16.8. The summed E-state index contributed by atoms with van der Waals surface area (Å²) >= 11 is 4.06. The maximum absolute atomic E-state index is 16.5. The van der Waals surface area contributed by atoms with E-state index in [9.17, 15) is 0 Å². The van der Waals surface area contributed by atoms with Crippen LogP contribution in [0, 0.1) is 0 Å². The molecule has 2 saturated heterocycles. The van der Waals surface area contributed by atoms with E-state index in [0.717, 1.165) is 24.3 Å². The molecule has 0 unspecified atom stereocenters. The van der Waals surface area contributed by atoms with Gasteiger partial charge in [0.15, 0.2) is 0 Å². The largest absolute Gasteiger partial charge is 0.286 e. The van der Waals surface area contributed by atoms with Crippen LogP contribution in [-0.4, -0.2) is 37.5 Å². The van der Waals surface area contributed by atoms with Crippen molar-refractivity contribution in [2.45, 2.75) is 67.9 Å². The quantitative estimate of drug-likeness (QED) is 0.167. The molecule has 1 aliphatic carbocycles. The molecule has 236 valence electrons. The van der Waals surface area contributed by atoms with Crippen LogP contribution in [-0.2, 0) is 17.7 Å². The van der Waals surface area contributed by atoms with Crippen LogP contribution >= 0.6 is 31.1 Å². The minimum atomic E-state index is -3.28. The molecule has 3 fully saturated rings. The Hall–Kier alpha value is -2.57. The van der Waals surface area contributed by atoms with E-state index in [-0.39, 0.29) is 18.1 Å². The SMILES string of the molecule is O=P1(N[C@H](c2ccccc2)C2SCCCS2)N(Cc2cccc3ccccc23)[C@@H]2CCCC[C@H]2N1Cc1cccc2ccccc12. The predicted octanol–water partition coefficient (Wildman–Crippen LogP) is 10.3. The Bertz CT molecular complexity index is 1750. The van der Waals surface area contributed by atoms with Gasteiger partial charge in [0.2, 0.25) is 0 Å². The van der Waals surface area contributed by atoms with Gasteiger partial charge < -0.3 is 0 Å². The maximum Gasteiger partial charge on any atom is 0.286 e. The van der Waals surface area contributed by atoms with Crippen LogP contribution in [0.25, 0.3) is 21.5 Å². The van der Waals surface area contributed by atoms with E-state index in [1.54, 1.807) is 0 Å². The zero-order valence-electron chi connectivity index (χ0n) is 26.2. The molecule has 7 heteroatoms. The lowest BCUT2D eigenvalue weighted by Crippen LogP contribution is -2.39. The summed E-state index contributed by atoms with van der Waals surface area (Å²) < 4.78 is 21.7. The Balaban J connectivity index is 1.26. The van der Waals surface area contributed by atoms with E-state index in [1.807, 2.05) is 23.5 Å². The van der Waals surface area contributed by atoms with Crippen LogP contribution in [0.15, 0.2) is 115 Å². The zero-order chi connectivity index (χ0) is 30.9. The van der Waals surface area contributed by atoms with Gasteiger partial charge in [-0.15, -0.1) is 23.5 Å². The van der Waals surface area contributed by atoms with Gasteiger partial charge in [-0.2, -0.15) is 0 Å². The van der Waals surface area contributed by atoms with Gasteiger partial charge in [-0.25, -0.2) is 14.4 Å². The van der Waals surface area contributed by atoms with E-state index in [4.69, 9.17) is 0 Å². The molecule has 8 rings (SSSR count). The molecule has 0 amide bonds. The molecule has 0 radical (unpaired) electrons. The lowest BCUT2D eigenvalue weighted by molar-refractivity contribution is 0.198. The highest BCUT2D eigenvalue weighted by Crippen LogP contribution is 2.64. The lowest BCUT2D eigenvalue weighted by atomic mass is 9.89. The molecule has 5 aromatic carbocycles. The normalized spacial score (nSPS) is 23.0. The van der Waals surface area contributed by atoms with Gasteiger partial charge in [0.05, 0.1) is 10.6 Å². The molecule has 3 aliphatic rings. The van der Waals surface area contributed by atoms with Gasteiger partial charge in [0, 0.05) is 25.2 Å². The first kappa shape index (κ1) is 30.7. The van der Waals surface area contributed by atoms with Crippen molar-refractivity contribution >= 4 is 52.7 Å².